The highest BCUT2D eigenvalue weighted by molar-refractivity contribution is 5.76. The van der Waals surface area contributed by atoms with E-state index in [0.29, 0.717) is 13.0 Å². The highest BCUT2D eigenvalue weighted by Crippen LogP contribution is 2.15. The third-order valence-corrected chi connectivity index (χ3v) is 2.92. The Balaban J connectivity index is 2.15. The van der Waals surface area contributed by atoms with Crippen molar-refractivity contribution in [1.29, 1.82) is 0 Å². The maximum atomic E-state index is 11.7. The van der Waals surface area contributed by atoms with Gasteiger partial charge in [-0.15, -0.1) is 0 Å². The summed E-state index contributed by atoms with van der Waals surface area (Å²) in [6.45, 7) is 9.86. The van der Waals surface area contributed by atoms with Crippen LogP contribution < -0.4 is 10.6 Å². The van der Waals surface area contributed by atoms with E-state index < -0.39 is 0 Å². The Labute approximate surface area is 104 Å². The average molecular weight is 242 g/mol. The first-order valence-corrected chi connectivity index (χ1v) is 6.54. The van der Waals surface area contributed by atoms with Crippen LogP contribution in [0.25, 0.3) is 0 Å². The van der Waals surface area contributed by atoms with Gasteiger partial charge in [-0.25, -0.2) is 0 Å². The van der Waals surface area contributed by atoms with Gasteiger partial charge in [0, 0.05) is 25.1 Å². The molecular weight excluding hydrogens is 216 g/mol. The SMILES string of the molecule is CC(NC(=O)CCNC(C)(C)C)C1CCCO1. The Kier molecular flexibility index (Phi) is 5.40. The first-order chi connectivity index (χ1) is 7.88. The van der Waals surface area contributed by atoms with E-state index in [2.05, 4.69) is 31.4 Å². The molecule has 2 atom stereocenters. The number of hydrogen-bond acceptors (Lipinski definition) is 3. The fourth-order valence-electron chi connectivity index (χ4n) is 1.97. The molecule has 17 heavy (non-hydrogen) atoms. The molecule has 0 spiro atoms. The zero-order valence-electron chi connectivity index (χ0n) is 11.5. The summed E-state index contributed by atoms with van der Waals surface area (Å²) in [6, 6.07) is 0.125. The molecule has 100 valence electrons. The van der Waals surface area contributed by atoms with Crippen LogP contribution in [0, 0.1) is 0 Å². The highest BCUT2D eigenvalue weighted by atomic mass is 16.5. The maximum Gasteiger partial charge on any atom is 0.221 e. The Morgan fingerprint density at radius 3 is 2.71 bits per heavy atom. The first-order valence-electron chi connectivity index (χ1n) is 6.54. The fourth-order valence-corrected chi connectivity index (χ4v) is 1.97. The largest absolute Gasteiger partial charge is 0.376 e. The topological polar surface area (TPSA) is 50.4 Å². The van der Waals surface area contributed by atoms with E-state index >= 15 is 0 Å². The van der Waals surface area contributed by atoms with Crippen molar-refractivity contribution in [3.8, 4) is 0 Å². The van der Waals surface area contributed by atoms with Crippen LogP contribution in [0.3, 0.4) is 0 Å². The summed E-state index contributed by atoms with van der Waals surface area (Å²) < 4.78 is 5.54. The van der Waals surface area contributed by atoms with E-state index in [1.54, 1.807) is 0 Å². The molecule has 0 radical (unpaired) electrons. The molecule has 0 aliphatic carbocycles. The van der Waals surface area contributed by atoms with Crippen molar-refractivity contribution >= 4 is 5.91 Å². The van der Waals surface area contributed by atoms with Gasteiger partial charge in [-0.1, -0.05) is 0 Å². The van der Waals surface area contributed by atoms with Gasteiger partial charge in [0.25, 0.3) is 0 Å². The quantitative estimate of drug-likeness (QED) is 0.767. The summed E-state index contributed by atoms with van der Waals surface area (Å²) in [5.74, 6) is 0.102. The van der Waals surface area contributed by atoms with Crippen LogP contribution in [-0.4, -0.2) is 36.7 Å². The monoisotopic (exact) mass is 242 g/mol. The van der Waals surface area contributed by atoms with E-state index in [-0.39, 0.29) is 23.6 Å². The maximum absolute atomic E-state index is 11.7. The van der Waals surface area contributed by atoms with Crippen LogP contribution in [-0.2, 0) is 9.53 Å². The van der Waals surface area contributed by atoms with Crippen molar-refractivity contribution in [1.82, 2.24) is 10.6 Å². The molecule has 1 amide bonds. The lowest BCUT2D eigenvalue weighted by Crippen LogP contribution is -2.43. The second-order valence-electron chi connectivity index (χ2n) is 5.83. The Morgan fingerprint density at radius 1 is 1.47 bits per heavy atom. The lowest BCUT2D eigenvalue weighted by atomic mass is 10.1. The number of carbonyl (C=O) groups excluding carboxylic acids is 1. The van der Waals surface area contributed by atoms with Gasteiger partial charge in [0.05, 0.1) is 12.1 Å². The van der Waals surface area contributed by atoms with Crippen molar-refractivity contribution in [3.05, 3.63) is 0 Å². The van der Waals surface area contributed by atoms with E-state index in [4.69, 9.17) is 4.74 Å². The molecule has 1 rings (SSSR count). The number of amides is 1. The van der Waals surface area contributed by atoms with Crippen molar-refractivity contribution < 1.29 is 9.53 Å². The summed E-state index contributed by atoms with van der Waals surface area (Å²) in [6.07, 6.45) is 2.89. The minimum absolute atomic E-state index is 0.0699. The van der Waals surface area contributed by atoms with Gasteiger partial charge in [-0.3, -0.25) is 4.79 Å². The number of ether oxygens (including phenoxy) is 1. The Bertz CT molecular complexity index is 242. The zero-order chi connectivity index (χ0) is 12.9. The molecule has 0 aromatic carbocycles. The first kappa shape index (κ1) is 14.5. The van der Waals surface area contributed by atoms with Gasteiger partial charge in [0.1, 0.15) is 0 Å². The standard InChI is InChI=1S/C13H26N2O2/c1-10(11-6-5-9-17-11)15-12(16)7-8-14-13(2,3)4/h10-11,14H,5-9H2,1-4H3,(H,15,16). The van der Waals surface area contributed by atoms with Crippen LogP contribution >= 0.6 is 0 Å². The van der Waals surface area contributed by atoms with E-state index in [0.717, 1.165) is 19.4 Å². The van der Waals surface area contributed by atoms with Gasteiger partial charge in [-0.05, 0) is 40.5 Å². The van der Waals surface area contributed by atoms with E-state index in [1.165, 1.54) is 0 Å². The van der Waals surface area contributed by atoms with Crippen LogP contribution in [0.2, 0.25) is 0 Å². The summed E-state index contributed by atoms with van der Waals surface area (Å²) in [4.78, 5) is 11.7. The molecule has 0 aromatic rings. The van der Waals surface area contributed by atoms with Gasteiger partial charge >= 0.3 is 0 Å². The predicted molar refractivity (Wildman–Crippen MR) is 69.0 cm³/mol. The molecular formula is C13H26N2O2. The van der Waals surface area contributed by atoms with E-state index in [9.17, 15) is 4.79 Å². The molecule has 4 nitrogen and oxygen atoms in total. The molecule has 1 fully saturated rings. The van der Waals surface area contributed by atoms with Gasteiger partial charge in [0.2, 0.25) is 5.91 Å². The van der Waals surface area contributed by atoms with Gasteiger partial charge in [0.15, 0.2) is 0 Å². The summed E-state index contributed by atoms with van der Waals surface area (Å²) in [5, 5.41) is 6.31. The lowest BCUT2D eigenvalue weighted by molar-refractivity contribution is -0.122. The molecule has 2 N–H and O–H groups in total. The fraction of sp³-hybridized carbons (Fsp3) is 0.923. The molecule has 1 aliphatic heterocycles. The third-order valence-electron chi connectivity index (χ3n) is 2.92. The van der Waals surface area contributed by atoms with Crippen LogP contribution in [0.4, 0.5) is 0 Å². The second kappa shape index (κ2) is 6.36. The average Bonchev–Trinajstić information content (AvgIpc) is 2.67. The third kappa shape index (κ3) is 6.03. The summed E-state index contributed by atoms with van der Waals surface area (Å²) in [5.41, 5.74) is 0.0699. The van der Waals surface area contributed by atoms with Crippen LogP contribution in [0.15, 0.2) is 0 Å². The lowest BCUT2D eigenvalue weighted by Gasteiger charge is -2.22. The number of hydrogen-bond donors (Lipinski definition) is 2. The highest BCUT2D eigenvalue weighted by Gasteiger charge is 2.23. The minimum atomic E-state index is 0.0699. The normalized spacial score (nSPS) is 22.5. The molecule has 4 heteroatoms. The van der Waals surface area contributed by atoms with Crippen molar-refractivity contribution in [2.75, 3.05) is 13.2 Å². The molecule has 1 heterocycles. The van der Waals surface area contributed by atoms with Crippen molar-refractivity contribution in [2.45, 2.75) is 64.6 Å². The molecule has 0 saturated carbocycles. The van der Waals surface area contributed by atoms with Crippen LogP contribution in [0.1, 0.15) is 47.0 Å². The Hall–Kier alpha value is -0.610. The molecule has 0 bridgehead atoms. The van der Waals surface area contributed by atoms with Crippen molar-refractivity contribution in [2.24, 2.45) is 0 Å². The molecule has 0 aromatic heterocycles. The summed E-state index contributed by atoms with van der Waals surface area (Å²) in [7, 11) is 0. The summed E-state index contributed by atoms with van der Waals surface area (Å²) >= 11 is 0. The molecule has 1 aliphatic rings. The number of nitrogens with one attached hydrogen (secondary N) is 2. The van der Waals surface area contributed by atoms with Gasteiger partial charge in [-0.2, -0.15) is 0 Å². The molecule has 1 saturated heterocycles. The predicted octanol–water partition coefficient (Wildman–Crippen LogP) is 1.45. The van der Waals surface area contributed by atoms with Gasteiger partial charge < -0.3 is 15.4 Å². The minimum Gasteiger partial charge on any atom is -0.376 e. The number of carbonyl (C=O) groups is 1. The number of rotatable bonds is 5. The smallest absolute Gasteiger partial charge is 0.221 e. The van der Waals surface area contributed by atoms with Crippen LogP contribution in [0.5, 0.6) is 0 Å². The zero-order valence-corrected chi connectivity index (χ0v) is 11.5. The Morgan fingerprint density at radius 2 is 2.18 bits per heavy atom. The van der Waals surface area contributed by atoms with Crippen molar-refractivity contribution in [3.63, 3.8) is 0 Å². The molecule has 2 unspecified atom stereocenters. The van der Waals surface area contributed by atoms with E-state index in [1.807, 2.05) is 6.92 Å². The second-order valence-corrected chi connectivity index (χ2v) is 5.83.